The van der Waals surface area contributed by atoms with Crippen LogP contribution in [0.5, 0.6) is 5.75 Å². The van der Waals surface area contributed by atoms with Crippen LogP contribution in [0.4, 0.5) is 0 Å². The highest BCUT2D eigenvalue weighted by atomic mass is 32.2. The van der Waals surface area contributed by atoms with Crippen molar-refractivity contribution in [1.82, 2.24) is 0 Å². The van der Waals surface area contributed by atoms with Crippen LogP contribution in [0.25, 0.3) is 0 Å². The van der Waals surface area contributed by atoms with Gasteiger partial charge in [0.1, 0.15) is 10.5 Å². The molecule has 0 radical (unpaired) electrons. The molecule has 1 unspecified atom stereocenters. The van der Waals surface area contributed by atoms with Crippen molar-refractivity contribution in [3.63, 3.8) is 0 Å². The summed E-state index contributed by atoms with van der Waals surface area (Å²) in [5, 5.41) is 19.0. The SMILES string of the molecule is Cc1ccc(C(C)(CO)S(=O)(=O)c2ccc(O)cc2)cc1. The van der Waals surface area contributed by atoms with Crippen LogP contribution in [0.1, 0.15) is 18.1 Å². The molecule has 0 saturated carbocycles. The Morgan fingerprint density at radius 2 is 1.52 bits per heavy atom. The monoisotopic (exact) mass is 306 g/mol. The molecule has 1 atom stereocenters. The van der Waals surface area contributed by atoms with Gasteiger partial charge >= 0.3 is 0 Å². The summed E-state index contributed by atoms with van der Waals surface area (Å²) >= 11 is 0. The molecule has 2 rings (SSSR count). The zero-order chi connectivity index (χ0) is 15.7. The maximum atomic E-state index is 12.8. The number of aliphatic hydroxyl groups excluding tert-OH is 1. The van der Waals surface area contributed by atoms with Gasteiger partial charge in [-0.1, -0.05) is 29.8 Å². The Morgan fingerprint density at radius 3 is 2.00 bits per heavy atom. The van der Waals surface area contributed by atoms with Crippen molar-refractivity contribution in [1.29, 1.82) is 0 Å². The number of aryl methyl sites for hydroxylation is 1. The number of benzene rings is 2. The van der Waals surface area contributed by atoms with Crippen LogP contribution in [0.15, 0.2) is 53.4 Å². The van der Waals surface area contributed by atoms with Gasteiger partial charge in [-0.25, -0.2) is 8.42 Å². The van der Waals surface area contributed by atoms with Gasteiger partial charge in [0.25, 0.3) is 0 Å². The predicted octanol–water partition coefficient (Wildman–Crippen LogP) is 2.38. The molecule has 4 nitrogen and oxygen atoms in total. The average Bonchev–Trinajstić information content (AvgIpc) is 2.47. The topological polar surface area (TPSA) is 74.6 Å². The quantitative estimate of drug-likeness (QED) is 0.909. The second-order valence-corrected chi connectivity index (χ2v) is 7.63. The molecule has 2 N–H and O–H groups in total. The summed E-state index contributed by atoms with van der Waals surface area (Å²) in [6.07, 6.45) is 0. The molecule has 0 fully saturated rings. The van der Waals surface area contributed by atoms with Crippen LogP contribution in [-0.2, 0) is 14.6 Å². The Morgan fingerprint density at radius 1 is 1.00 bits per heavy atom. The lowest BCUT2D eigenvalue weighted by molar-refractivity contribution is 0.250. The zero-order valence-electron chi connectivity index (χ0n) is 11.9. The summed E-state index contributed by atoms with van der Waals surface area (Å²) in [6, 6.07) is 12.4. The lowest BCUT2D eigenvalue weighted by Crippen LogP contribution is -2.36. The van der Waals surface area contributed by atoms with Crippen LogP contribution in [0.2, 0.25) is 0 Å². The van der Waals surface area contributed by atoms with E-state index in [0.29, 0.717) is 5.56 Å². The van der Waals surface area contributed by atoms with Crippen molar-refractivity contribution in [2.24, 2.45) is 0 Å². The fourth-order valence-corrected chi connectivity index (χ4v) is 3.75. The minimum Gasteiger partial charge on any atom is -0.508 e. The fourth-order valence-electron chi connectivity index (χ4n) is 2.12. The molecule has 0 aliphatic rings. The number of hydrogen-bond donors (Lipinski definition) is 2. The minimum atomic E-state index is -3.79. The molecule has 0 saturated heterocycles. The smallest absolute Gasteiger partial charge is 0.190 e. The number of hydrogen-bond acceptors (Lipinski definition) is 4. The van der Waals surface area contributed by atoms with Gasteiger partial charge in [-0.15, -0.1) is 0 Å². The second-order valence-electron chi connectivity index (χ2n) is 5.25. The van der Waals surface area contributed by atoms with Crippen molar-refractivity contribution in [2.75, 3.05) is 6.61 Å². The number of aromatic hydroxyl groups is 1. The Balaban J connectivity index is 2.57. The van der Waals surface area contributed by atoms with Crippen molar-refractivity contribution < 1.29 is 18.6 Å². The van der Waals surface area contributed by atoms with E-state index in [9.17, 15) is 18.6 Å². The number of phenolic OH excluding ortho intramolecular Hbond substituents is 1. The molecule has 0 aromatic heterocycles. The first-order valence-corrected chi connectivity index (χ1v) is 8.01. The largest absolute Gasteiger partial charge is 0.508 e. The summed E-state index contributed by atoms with van der Waals surface area (Å²) in [6.45, 7) is 2.88. The summed E-state index contributed by atoms with van der Waals surface area (Å²) < 4.78 is 24.2. The molecule has 0 bridgehead atoms. The summed E-state index contributed by atoms with van der Waals surface area (Å²) in [5.74, 6) is -0.00464. The van der Waals surface area contributed by atoms with E-state index >= 15 is 0 Å². The lowest BCUT2D eigenvalue weighted by atomic mass is 10.00. The van der Waals surface area contributed by atoms with E-state index in [4.69, 9.17) is 0 Å². The first-order valence-electron chi connectivity index (χ1n) is 6.53. The highest BCUT2D eigenvalue weighted by Gasteiger charge is 2.41. The van der Waals surface area contributed by atoms with Crippen LogP contribution >= 0.6 is 0 Å². The van der Waals surface area contributed by atoms with Crippen molar-refractivity contribution in [2.45, 2.75) is 23.5 Å². The number of aliphatic hydroxyl groups is 1. The van der Waals surface area contributed by atoms with Crippen LogP contribution < -0.4 is 0 Å². The standard InChI is InChI=1S/C16H18O4S/c1-12-3-5-13(6-4-12)16(2,11-17)21(19,20)15-9-7-14(18)8-10-15/h3-10,17-18H,11H2,1-2H3. The summed E-state index contributed by atoms with van der Waals surface area (Å²) in [7, 11) is -3.79. The van der Waals surface area contributed by atoms with Gasteiger partial charge in [0.2, 0.25) is 0 Å². The molecule has 21 heavy (non-hydrogen) atoms. The summed E-state index contributed by atoms with van der Waals surface area (Å²) in [5.41, 5.74) is 1.55. The Labute approximate surface area is 124 Å². The third kappa shape index (κ3) is 2.66. The van der Waals surface area contributed by atoms with Gasteiger partial charge in [-0.2, -0.15) is 0 Å². The normalized spacial score (nSPS) is 14.6. The van der Waals surface area contributed by atoms with E-state index in [2.05, 4.69) is 0 Å². The van der Waals surface area contributed by atoms with Crippen molar-refractivity contribution in [3.05, 3.63) is 59.7 Å². The van der Waals surface area contributed by atoms with E-state index in [1.807, 2.05) is 19.1 Å². The third-order valence-electron chi connectivity index (χ3n) is 3.70. The van der Waals surface area contributed by atoms with E-state index in [0.717, 1.165) is 5.56 Å². The molecule has 2 aromatic rings. The first-order chi connectivity index (χ1) is 9.81. The molecule has 0 spiro atoms. The molecule has 5 heteroatoms. The molecule has 0 aliphatic carbocycles. The first kappa shape index (κ1) is 15.5. The zero-order valence-corrected chi connectivity index (χ0v) is 12.8. The van der Waals surface area contributed by atoms with Gasteiger partial charge in [-0.05, 0) is 43.7 Å². The maximum Gasteiger partial charge on any atom is 0.190 e. The number of phenols is 1. The highest BCUT2D eigenvalue weighted by molar-refractivity contribution is 7.92. The van der Waals surface area contributed by atoms with E-state index in [1.165, 1.54) is 31.2 Å². The molecule has 0 amide bonds. The minimum absolute atomic E-state index is 0.00464. The molecular weight excluding hydrogens is 288 g/mol. The Bertz CT molecular complexity index is 718. The van der Waals surface area contributed by atoms with E-state index in [1.54, 1.807) is 12.1 Å². The van der Waals surface area contributed by atoms with Crippen LogP contribution in [0, 0.1) is 6.92 Å². The van der Waals surface area contributed by atoms with Gasteiger partial charge in [0.05, 0.1) is 11.5 Å². The van der Waals surface area contributed by atoms with Crippen LogP contribution in [-0.4, -0.2) is 25.2 Å². The van der Waals surface area contributed by atoms with E-state index < -0.39 is 21.2 Å². The third-order valence-corrected chi connectivity index (χ3v) is 6.15. The molecule has 112 valence electrons. The van der Waals surface area contributed by atoms with Gasteiger partial charge in [0, 0.05) is 0 Å². The molecule has 2 aromatic carbocycles. The van der Waals surface area contributed by atoms with Gasteiger partial charge < -0.3 is 10.2 Å². The Kier molecular flexibility index (Phi) is 4.07. The van der Waals surface area contributed by atoms with Gasteiger partial charge in [-0.3, -0.25) is 0 Å². The molecular formula is C16H18O4S. The second kappa shape index (κ2) is 5.50. The van der Waals surface area contributed by atoms with Crippen molar-refractivity contribution in [3.8, 4) is 5.75 Å². The maximum absolute atomic E-state index is 12.8. The van der Waals surface area contributed by atoms with Crippen LogP contribution in [0.3, 0.4) is 0 Å². The van der Waals surface area contributed by atoms with E-state index in [-0.39, 0.29) is 10.6 Å². The molecule has 0 aliphatic heterocycles. The highest BCUT2D eigenvalue weighted by Crippen LogP contribution is 2.35. The summed E-state index contributed by atoms with van der Waals surface area (Å²) in [4.78, 5) is 0.0671. The average molecular weight is 306 g/mol. The number of rotatable bonds is 4. The fraction of sp³-hybridized carbons (Fsp3) is 0.250. The Hall–Kier alpha value is -1.85. The van der Waals surface area contributed by atoms with Gasteiger partial charge in [0.15, 0.2) is 9.84 Å². The number of sulfone groups is 1. The van der Waals surface area contributed by atoms with Crippen molar-refractivity contribution >= 4 is 9.84 Å². The molecule has 0 heterocycles. The predicted molar refractivity (Wildman–Crippen MR) is 80.9 cm³/mol. The lowest BCUT2D eigenvalue weighted by Gasteiger charge is -2.28.